The Balaban J connectivity index is 3.90. The first-order valence-electron chi connectivity index (χ1n) is 6.51. The topological polar surface area (TPSA) is 75.4 Å². The summed E-state index contributed by atoms with van der Waals surface area (Å²) in [6.45, 7) is 8.19. The fourth-order valence-electron chi connectivity index (χ4n) is 2.02. The van der Waals surface area contributed by atoms with Crippen molar-refractivity contribution in [1.82, 2.24) is 5.32 Å². The molecule has 0 saturated carbocycles. The molecule has 0 aliphatic carbocycles. The molecule has 17 heavy (non-hydrogen) atoms. The molecule has 0 heterocycles. The molecule has 102 valence electrons. The number of carbonyl (C=O) groups excluding carboxylic acids is 1. The number of nitrogens with one attached hydrogen (secondary N) is 1. The average molecular weight is 244 g/mol. The molecule has 0 aliphatic heterocycles. The van der Waals surface area contributed by atoms with Gasteiger partial charge in [-0.05, 0) is 25.7 Å². The smallest absolute Gasteiger partial charge is 0.221 e. The minimum Gasteiger partial charge on any atom is -0.388 e. The first kappa shape index (κ1) is 16.4. The van der Waals surface area contributed by atoms with E-state index < -0.39 is 5.60 Å². The van der Waals surface area contributed by atoms with Gasteiger partial charge in [-0.1, -0.05) is 27.2 Å². The zero-order valence-corrected chi connectivity index (χ0v) is 11.6. The molecule has 0 aromatic carbocycles. The van der Waals surface area contributed by atoms with Crippen LogP contribution in [0.3, 0.4) is 0 Å². The predicted octanol–water partition coefficient (Wildman–Crippen LogP) is 1.42. The lowest BCUT2D eigenvalue weighted by atomic mass is 9.94. The standard InChI is InChI=1S/C13H28N2O2/c1-5-6-11(14)7-12(16)15-9-13(4,17)8-10(2)3/h10-11,17H,5-9,14H2,1-4H3,(H,15,16). The van der Waals surface area contributed by atoms with Crippen LogP contribution in [0.4, 0.5) is 0 Å². The minimum absolute atomic E-state index is 0.0740. The van der Waals surface area contributed by atoms with Gasteiger partial charge in [0.1, 0.15) is 0 Å². The molecule has 0 bridgehead atoms. The Morgan fingerprint density at radius 2 is 2.06 bits per heavy atom. The largest absolute Gasteiger partial charge is 0.388 e. The summed E-state index contributed by atoms with van der Waals surface area (Å²) < 4.78 is 0. The van der Waals surface area contributed by atoms with Crippen LogP contribution in [0, 0.1) is 5.92 Å². The van der Waals surface area contributed by atoms with Crippen LogP contribution in [-0.4, -0.2) is 29.2 Å². The maximum atomic E-state index is 11.6. The summed E-state index contributed by atoms with van der Waals surface area (Å²) in [5.41, 5.74) is 4.95. The molecule has 0 aliphatic rings. The summed E-state index contributed by atoms with van der Waals surface area (Å²) in [6.07, 6.45) is 2.86. The summed E-state index contributed by atoms with van der Waals surface area (Å²) in [7, 11) is 0. The molecule has 4 nitrogen and oxygen atoms in total. The molecule has 0 aromatic rings. The van der Waals surface area contributed by atoms with E-state index in [1.165, 1.54) is 0 Å². The Labute approximate surface area is 105 Å². The van der Waals surface area contributed by atoms with E-state index in [1.807, 2.05) is 20.8 Å². The highest BCUT2D eigenvalue weighted by atomic mass is 16.3. The third-order valence-electron chi connectivity index (χ3n) is 2.62. The third-order valence-corrected chi connectivity index (χ3v) is 2.62. The second-order valence-corrected chi connectivity index (χ2v) is 5.62. The van der Waals surface area contributed by atoms with Crippen molar-refractivity contribution >= 4 is 5.91 Å². The molecule has 0 spiro atoms. The van der Waals surface area contributed by atoms with Gasteiger partial charge in [0.05, 0.1) is 5.60 Å². The molecule has 0 radical (unpaired) electrons. The third kappa shape index (κ3) is 9.12. The second kappa shape index (κ2) is 7.67. The van der Waals surface area contributed by atoms with Gasteiger partial charge in [-0.3, -0.25) is 4.79 Å². The van der Waals surface area contributed by atoms with E-state index >= 15 is 0 Å². The van der Waals surface area contributed by atoms with Crippen LogP contribution in [0.2, 0.25) is 0 Å². The first-order valence-corrected chi connectivity index (χ1v) is 6.51. The summed E-state index contributed by atoms with van der Waals surface area (Å²) in [5.74, 6) is 0.333. The van der Waals surface area contributed by atoms with Crippen LogP contribution >= 0.6 is 0 Å². The highest BCUT2D eigenvalue weighted by molar-refractivity contribution is 5.76. The second-order valence-electron chi connectivity index (χ2n) is 5.62. The monoisotopic (exact) mass is 244 g/mol. The normalized spacial score (nSPS) is 16.6. The molecule has 4 heteroatoms. The Hall–Kier alpha value is -0.610. The van der Waals surface area contributed by atoms with Gasteiger partial charge in [-0.25, -0.2) is 0 Å². The van der Waals surface area contributed by atoms with E-state index in [9.17, 15) is 9.90 Å². The Morgan fingerprint density at radius 3 is 2.53 bits per heavy atom. The van der Waals surface area contributed by atoms with Crippen LogP contribution in [0.5, 0.6) is 0 Å². The van der Waals surface area contributed by atoms with Crippen molar-refractivity contribution in [3.63, 3.8) is 0 Å². The van der Waals surface area contributed by atoms with E-state index in [0.29, 0.717) is 25.3 Å². The van der Waals surface area contributed by atoms with E-state index in [0.717, 1.165) is 12.8 Å². The lowest BCUT2D eigenvalue weighted by Gasteiger charge is -2.25. The predicted molar refractivity (Wildman–Crippen MR) is 70.6 cm³/mol. The fourth-order valence-corrected chi connectivity index (χ4v) is 2.02. The van der Waals surface area contributed by atoms with Crippen molar-refractivity contribution < 1.29 is 9.90 Å². The highest BCUT2D eigenvalue weighted by Crippen LogP contribution is 2.15. The summed E-state index contributed by atoms with van der Waals surface area (Å²) in [4.78, 5) is 11.6. The van der Waals surface area contributed by atoms with Crippen molar-refractivity contribution in [3.05, 3.63) is 0 Å². The van der Waals surface area contributed by atoms with Crippen LogP contribution in [0.1, 0.15) is 53.4 Å². The Morgan fingerprint density at radius 1 is 1.47 bits per heavy atom. The van der Waals surface area contributed by atoms with Crippen LogP contribution < -0.4 is 11.1 Å². The number of nitrogens with two attached hydrogens (primary N) is 1. The molecule has 0 rings (SSSR count). The quantitative estimate of drug-likeness (QED) is 0.604. The van der Waals surface area contributed by atoms with E-state index in [1.54, 1.807) is 6.92 Å². The molecule has 2 atom stereocenters. The first-order chi connectivity index (χ1) is 7.76. The van der Waals surface area contributed by atoms with E-state index in [2.05, 4.69) is 5.32 Å². The number of amides is 1. The number of hydrogen-bond acceptors (Lipinski definition) is 3. The SMILES string of the molecule is CCCC(N)CC(=O)NCC(C)(O)CC(C)C. The lowest BCUT2D eigenvalue weighted by molar-refractivity contribution is -0.122. The van der Waals surface area contributed by atoms with E-state index in [-0.39, 0.29) is 11.9 Å². The van der Waals surface area contributed by atoms with Crippen molar-refractivity contribution in [3.8, 4) is 0 Å². The molecule has 2 unspecified atom stereocenters. The van der Waals surface area contributed by atoms with Crippen LogP contribution in [0.25, 0.3) is 0 Å². The minimum atomic E-state index is -0.835. The summed E-state index contributed by atoms with van der Waals surface area (Å²) in [6, 6.07) is -0.0740. The maximum absolute atomic E-state index is 11.6. The van der Waals surface area contributed by atoms with Crippen molar-refractivity contribution in [2.24, 2.45) is 11.7 Å². The molecular weight excluding hydrogens is 216 g/mol. The van der Waals surface area contributed by atoms with Gasteiger partial charge in [0.25, 0.3) is 0 Å². The zero-order valence-electron chi connectivity index (χ0n) is 11.6. The van der Waals surface area contributed by atoms with Crippen molar-refractivity contribution in [1.29, 1.82) is 0 Å². The van der Waals surface area contributed by atoms with Gasteiger partial charge in [0.15, 0.2) is 0 Å². The fraction of sp³-hybridized carbons (Fsp3) is 0.923. The van der Waals surface area contributed by atoms with Crippen LogP contribution in [-0.2, 0) is 4.79 Å². The zero-order chi connectivity index (χ0) is 13.5. The highest BCUT2D eigenvalue weighted by Gasteiger charge is 2.22. The molecule has 4 N–H and O–H groups in total. The van der Waals surface area contributed by atoms with Gasteiger partial charge >= 0.3 is 0 Å². The van der Waals surface area contributed by atoms with Crippen molar-refractivity contribution in [2.45, 2.75) is 65.0 Å². The van der Waals surface area contributed by atoms with Gasteiger partial charge in [0.2, 0.25) is 5.91 Å². The van der Waals surface area contributed by atoms with Crippen molar-refractivity contribution in [2.75, 3.05) is 6.54 Å². The number of hydrogen-bond donors (Lipinski definition) is 3. The van der Waals surface area contributed by atoms with E-state index in [4.69, 9.17) is 5.73 Å². The molecular formula is C13H28N2O2. The maximum Gasteiger partial charge on any atom is 0.221 e. The Kier molecular flexibility index (Phi) is 7.39. The number of rotatable bonds is 8. The molecule has 0 saturated heterocycles. The number of carbonyl (C=O) groups is 1. The lowest BCUT2D eigenvalue weighted by Crippen LogP contribution is -2.42. The Bertz CT molecular complexity index is 227. The molecule has 0 fully saturated rings. The number of aliphatic hydroxyl groups is 1. The van der Waals surface area contributed by atoms with Gasteiger partial charge in [-0.15, -0.1) is 0 Å². The van der Waals surface area contributed by atoms with Crippen LogP contribution in [0.15, 0.2) is 0 Å². The summed E-state index contributed by atoms with van der Waals surface area (Å²) in [5, 5.41) is 12.8. The summed E-state index contributed by atoms with van der Waals surface area (Å²) >= 11 is 0. The van der Waals surface area contributed by atoms with Gasteiger partial charge in [0, 0.05) is 19.0 Å². The van der Waals surface area contributed by atoms with Gasteiger partial charge in [-0.2, -0.15) is 0 Å². The average Bonchev–Trinajstić information content (AvgIpc) is 2.13. The van der Waals surface area contributed by atoms with Gasteiger partial charge < -0.3 is 16.2 Å². The molecule has 1 amide bonds. The molecule has 0 aromatic heterocycles.